The molecule has 36 heteroatoms. The Hall–Kier alpha value is -9.15. The molecule has 2 saturated heterocycles. The van der Waals surface area contributed by atoms with Gasteiger partial charge in [-0.25, -0.2) is 24.1 Å². The highest BCUT2D eigenvalue weighted by molar-refractivity contribution is 6.39. The molecule has 1 aromatic carbocycles. The lowest BCUT2D eigenvalue weighted by molar-refractivity contribution is -0.265. The molecule has 3 fully saturated rings. The SMILES string of the molecule is CO[C@H]1C[C@@H]2CC[C@@H](C)[C@@](O)(O2)C(=O)C(=O)N2CCCC[C@H]2C(=O)O[C@H]([C@H](N)C[C@@H]2CC[C@H](n3cc(CCCC(=O)NCCOCCOCCOCCC(=O)NCCOCCOCCOCCC(=O)NCCCCn4nc(-c5cc6cc(O)ccc6[nH]5)c5c(N)ncnc54)nn3)[C@H](OC)C2)CC(=O)[C@H](C)/C=C(\C)[C@@H](O)[C@@H](O)C(=O)[C@H](C)C[C@H](C)/C=C/C=C/C=C/1C. The molecule has 1 aliphatic carbocycles. The number of aromatic nitrogens is 8. The molecule has 0 spiro atoms. The Morgan fingerprint density at radius 1 is 0.722 bits per heavy atom. The van der Waals surface area contributed by atoms with Crippen molar-refractivity contribution in [2.75, 3.05) is 125 Å². The van der Waals surface area contributed by atoms with Crippen LogP contribution in [-0.2, 0) is 98.7 Å². The van der Waals surface area contributed by atoms with E-state index in [1.165, 1.54) is 19.3 Å². The molecule has 4 aliphatic rings. The van der Waals surface area contributed by atoms with Crippen LogP contribution in [0.1, 0.15) is 169 Å². The van der Waals surface area contributed by atoms with Crippen molar-refractivity contribution >= 4 is 74.7 Å². The van der Waals surface area contributed by atoms with Gasteiger partial charge in [-0.15, -0.1) is 5.10 Å². The number of ketones is 3. The number of piperidine rings is 1. The number of rotatable bonds is 40. The van der Waals surface area contributed by atoms with E-state index >= 15 is 0 Å². The zero-order valence-corrected chi connectivity index (χ0v) is 74.3. The number of aliphatic hydroxyl groups excluding tert-OH is 2. The molecule has 4 amide bonds. The summed E-state index contributed by atoms with van der Waals surface area (Å²) in [6.07, 6.45) is 15.3. The molecule has 4 aromatic heterocycles. The van der Waals surface area contributed by atoms with Crippen molar-refractivity contribution in [1.82, 2.24) is 60.6 Å². The van der Waals surface area contributed by atoms with Crippen molar-refractivity contribution in [1.29, 1.82) is 0 Å². The number of Topliss-reactive ketones (excluding diaryl/α,β-unsaturated/α-hetero) is 3. The monoisotopic (exact) mass is 1760 g/mol. The zero-order valence-electron chi connectivity index (χ0n) is 74.3. The van der Waals surface area contributed by atoms with Crippen molar-refractivity contribution in [3.05, 3.63) is 90.1 Å². The van der Waals surface area contributed by atoms with E-state index in [2.05, 4.69) is 41.2 Å². The van der Waals surface area contributed by atoms with Gasteiger partial charge in [0.2, 0.25) is 23.5 Å². The van der Waals surface area contributed by atoms with E-state index in [4.69, 9.17) is 63.9 Å². The van der Waals surface area contributed by atoms with Crippen LogP contribution >= 0.6 is 0 Å². The first-order valence-electron chi connectivity index (χ1n) is 44.5. The molecule has 0 unspecified atom stereocenters. The van der Waals surface area contributed by atoms with Gasteiger partial charge in [-0.2, -0.15) is 5.10 Å². The number of aryl methyl sites for hydroxylation is 2. The van der Waals surface area contributed by atoms with Crippen LogP contribution in [-0.4, -0.2) is 286 Å². The van der Waals surface area contributed by atoms with Crippen molar-refractivity contribution in [2.24, 2.45) is 35.3 Å². The zero-order chi connectivity index (χ0) is 90.7. The van der Waals surface area contributed by atoms with Gasteiger partial charge in [0.15, 0.2) is 11.4 Å². The molecule has 1 saturated carbocycles. The normalized spacial score (nSPS) is 26.5. The predicted octanol–water partition coefficient (Wildman–Crippen LogP) is 6.30. The van der Waals surface area contributed by atoms with Gasteiger partial charge in [0.1, 0.15) is 53.7 Å². The van der Waals surface area contributed by atoms with E-state index in [1.807, 2.05) is 56.5 Å². The first kappa shape index (κ1) is 101. The van der Waals surface area contributed by atoms with Crippen LogP contribution in [0.15, 0.2) is 84.4 Å². The molecule has 2 bridgehead atoms. The van der Waals surface area contributed by atoms with Gasteiger partial charge in [0, 0.05) is 120 Å². The average Bonchev–Trinajstić information content (AvgIpc) is 1.55. The largest absolute Gasteiger partial charge is 0.508 e. The number of nitrogens with zero attached hydrogens (tertiary/aromatic N) is 8. The van der Waals surface area contributed by atoms with Gasteiger partial charge < -0.3 is 105 Å². The van der Waals surface area contributed by atoms with Gasteiger partial charge in [-0.05, 0) is 151 Å². The van der Waals surface area contributed by atoms with Gasteiger partial charge in [0.05, 0.1) is 120 Å². The number of fused-ring (bicyclic) bond motifs is 5. The van der Waals surface area contributed by atoms with E-state index in [0.29, 0.717) is 191 Å². The Balaban J connectivity index is 0.604. The molecular weight excluding hydrogens is 1630 g/mol. The van der Waals surface area contributed by atoms with Gasteiger partial charge in [-0.3, -0.25) is 33.6 Å². The number of esters is 1. The standard InChI is InChI=1S/C90H134N14O22/c1-57-17-10-9-11-18-58(2)74(117-7)53-67-25-22-62(6)90(116,126-67)85(113)88(114)102-33-14-12-20-72(102)89(115)125-75(54-73(106)59(3)48-61(5)83(111)84(112)82(110)60(4)47-57)68(91)49-63-23-27-71(76(50-63)118-8)104-55-65(99-101-104)19-16-21-77(107)94-31-37-121-41-45-124-44-40-120-36-29-79(109)95-32-38-122-42-46-123-43-39-119-35-28-78(108)93-30-13-15-34-103-87-80(86(92)96-56-97-87)81(100-103)70-52-64-51-66(105)24-26-69(64)98-70/h9-11,17-18,24,26,48,51-52,55-57,59-60,62-63,67-68,71-72,74-76,83-84,98,105,111-112,116H,12-16,19-23,25,27-47,49-50,53-54,91H2,1-8H3,(H,93,108)(H,94,107)(H,95,109)(H2,92,96,97)/b11-9+,17-10+,58-18+,61-48+/t57-,59-,60-,62-,63+,67+,68-,71+,72+,74+,75+,76-,83-,84+,90-/m1/s1. The Morgan fingerprint density at radius 3 is 2.07 bits per heavy atom. The fourth-order valence-corrected chi connectivity index (χ4v) is 16.4. The third kappa shape index (κ3) is 30.5. The Kier molecular flexibility index (Phi) is 41.3. The number of aliphatic hydroxyl groups is 3. The number of benzene rings is 1. The fraction of sp³-hybridized carbons (Fsp3) is 0.656. The number of H-pyrrole nitrogens is 1. The van der Waals surface area contributed by atoms with Crippen molar-refractivity contribution < 1.29 is 106 Å². The quantitative estimate of drug-likeness (QED) is 0.00890. The molecular formula is C90H134N14O22. The first-order chi connectivity index (χ1) is 60.7. The number of aromatic hydroxyl groups is 1. The number of carbonyl (C=O) groups excluding carboxylic acids is 8. The third-order valence-electron chi connectivity index (χ3n) is 23.8. The number of phenolic OH excluding ortho intramolecular Hbond substituents is 1. The molecule has 36 nitrogen and oxygen atoms in total. The number of unbranched alkanes of at least 4 members (excludes halogenated alkanes) is 1. The topological polar surface area (TPSA) is 491 Å². The summed E-state index contributed by atoms with van der Waals surface area (Å²) in [5, 5.41) is 68.4. The summed E-state index contributed by atoms with van der Waals surface area (Å²) in [6, 6.07) is 4.58. The highest BCUT2D eigenvalue weighted by Gasteiger charge is 2.53. The van der Waals surface area contributed by atoms with Crippen LogP contribution in [0, 0.1) is 29.6 Å². The number of ether oxygens (including phenoxy) is 10. The maximum absolute atomic E-state index is 14.7. The highest BCUT2D eigenvalue weighted by Crippen LogP contribution is 2.40. The van der Waals surface area contributed by atoms with Crippen LogP contribution < -0.4 is 27.4 Å². The number of nitrogen functional groups attached to an aromatic ring is 1. The molecule has 12 N–H and O–H groups in total. The number of methoxy groups -OCH3 is 2. The summed E-state index contributed by atoms with van der Waals surface area (Å²) in [5.74, 6) is -9.06. The van der Waals surface area contributed by atoms with E-state index in [9.17, 15) is 58.8 Å². The molecule has 0 radical (unpaired) electrons. The van der Waals surface area contributed by atoms with Crippen LogP contribution in [0.4, 0.5) is 5.82 Å². The average molecular weight is 1760 g/mol. The van der Waals surface area contributed by atoms with Crippen molar-refractivity contribution in [3.8, 4) is 17.1 Å². The Bertz CT molecular complexity index is 4450. The first-order valence-corrected chi connectivity index (χ1v) is 44.5. The Morgan fingerprint density at radius 2 is 1.39 bits per heavy atom. The number of nitrogens with one attached hydrogen (secondary N) is 4. The summed E-state index contributed by atoms with van der Waals surface area (Å²) in [6.45, 7) is 15.7. The number of hydrogen-bond donors (Lipinski definition) is 10. The number of phenols is 1. The van der Waals surface area contributed by atoms with E-state index in [0.717, 1.165) is 33.5 Å². The van der Waals surface area contributed by atoms with Crippen molar-refractivity contribution in [3.63, 3.8) is 0 Å². The second kappa shape index (κ2) is 51.7. The lowest BCUT2D eigenvalue weighted by Crippen LogP contribution is -2.61. The summed E-state index contributed by atoms with van der Waals surface area (Å²) >= 11 is 0. The lowest BCUT2D eigenvalue weighted by atomic mass is 9.79. The maximum Gasteiger partial charge on any atom is 0.329 e. The number of nitrogens with two attached hydrogens (primary N) is 2. The Labute approximate surface area is 736 Å². The minimum absolute atomic E-state index is 0.00772. The van der Waals surface area contributed by atoms with Crippen LogP contribution in [0.2, 0.25) is 0 Å². The smallest absolute Gasteiger partial charge is 0.329 e. The van der Waals surface area contributed by atoms with Crippen molar-refractivity contribution in [2.45, 2.75) is 231 Å². The molecule has 7 heterocycles. The highest BCUT2D eigenvalue weighted by atomic mass is 16.6. The number of allylic oxidation sites excluding steroid dienone is 6. The van der Waals surface area contributed by atoms with Crippen LogP contribution in [0.5, 0.6) is 5.75 Å². The minimum atomic E-state index is -2.51. The molecule has 696 valence electrons. The number of anilines is 1. The lowest BCUT2D eigenvalue weighted by Gasteiger charge is -2.42. The summed E-state index contributed by atoms with van der Waals surface area (Å²) in [7, 11) is 3.16. The fourth-order valence-electron chi connectivity index (χ4n) is 16.4. The van der Waals surface area contributed by atoms with Gasteiger partial charge in [-0.1, -0.05) is 69.4 Å². The van der Waals surface area contributed by atoms with E-state index in [1.54, 1.807) is 62.6 Å². The second-order valence-electron chi connectivity index (χ2n) is 33.5. The van der Waals surface area contributed by atoms with E-state index in [-0.39, 0.29) is 118 Å². The number of cyclic esters (lactones) is 1. The number of aromatic amines is 1. The molecule has 9 rings (SSSR count). The molecule has 15 atom stereocenters. The summed E-state index contributed by atoms with van der Waals surface area (Å²) in [4.78, 5) is 122. The second-order valence-corrected chi connectivity index (χ2v) is 33.5. The number of hydrogen-bond acceptors (Lipinski definition) is 29. The molecule has 3 aliphatic heterocycles. The maximum atomic E-state index is 14.7. The molecule has 5 aromatic rings. The predicted molar refractivity (Wildman–Crippen MR) is 466 cm³/mol. The number of carbonyl (C=O) groups is 8. The summed E-state index contributed by atoms with van der Waals surface area (Å²) in [5.41, 5.74) is 17.9. The third-order valence-corrected chi connectivity index (χ3v) is 23.8. The van der Waals surface area contributed by atoms with E-state index < -0.39 is 95.4 Å². The summed E-state index contributed by atoms with van der Waals surface area (Å²) < 4.78 is 61.4. The number of amides is 4. The minimum Gasteiger partial charge on any atom is -0.508 e. The van der Waals surface area contributed by atoms with Crippen LogP contribution in [0.3, 0.4) is 0 Å². The van der Waals surface area contributed by atoms with Gasteiger partial charge >= 0.3 is 5.97 Å². The van der Waals surface area contributed by atoms with Gasteiger partial charge in [0.25, 0.3) is 11.7 Å². The molecule has 126 heavy (non-hydrogen) atoms. The van der Waals surface area contributed by atoms with Crippen LogP contribution in [0.25, 0.3) is 33.3 Å².